The summed E-state index contributed by atoms with van der Waals surface area (Å²) in [4.78, 5) is 18.1. The minimum Gasteiger partial charge on any atom is -0.307 e. The molecule has 0 saturated heterocycles. The predicted octanol–water partition coefficient (Wildman–Crippen LogP) is 2.59. The number of aromatic nitrogens is 2. The molecule has 0 radical (unpaired) electrons. The van der Waals surface area contributed by atoms with Crippen molar-refractivity contribution < 1.29 is 0 Å². The molecule has 0 unspecified atom stereocenters. The summed E-state index contributed by atoms with van der Waals surface area (Å²) in [7, 11) is 0. The van der Waals surface area contributed by atoms with Gasteiger partial charge < -0.3 is 4.98 Å². The highest BCUT2D eigenvalue weighted by atomic mass is 16.1. The summed E-state index contributed by atoms with van der Waals surface area (Å²) in [5.41, 5.74) is 2.66. The Kier molecular flexibility index (Phi) is 2.22. The van der Waals surface area contributed by atoms with Crippen LogP contribution in [-0.2, 0) is 0 Å². The normalized spacial score (nSPS) is 10.6. The van der Waals surface area contributed by atoms with Gasteiger partial charge in [0.05, 0.1) is 0 Å². The molecule has 0 saturated carbocycles. The molecule has 3 rings (SSSR count). The quantitative estimate of drug-likeness (QED) is 0.687. The third-order valence-electron chi connectivity index (χ3n) is 2.68. The van der Waals surface area contributed by atoms with Crippen LogP contribution in [0.25, 0.3) is 22.2 Å². The standard InChI is InChI=1S/C14H10N2O/c17-13-7-6-11-8-12(9-15-14(11)16-13)10-4-2-1-3-5-10/h1-9H,(H,15,16,17). The maximum atomic E-state index is 11.1. The molecule has 0 aliphatic carbocycles. The van der Waals surface area contributed by atoms with E-state index in [-0.39, 0.29) is 5.56 Å². The Labute approximate surface area is 97.8 Å². The second kappa shape index (κ2) is 3.87. The molecule has 0 spiro atoms. The van der Waals surface area contributed by atoms with E-state index < -0.39 is 0 Å². The van der Waals surface area contributed by atoms with Gasteiger partial charge in [0, 0.05) is 23.2 Å². The van der Waals surface area contributed by atoms with Crippen molar-refractivity contribution in [3.8, 4) is 11.1 Å². The number of rotatable bonds is 1. The molecule has 0 fully saturated rings. The predicted molar refractivity (Wildman–Crippen MR) is 67.8 cm³/mol. The Morgan fingerprint density at radius 2 is 1.76 bits per heavy atom. The monoisotopic (exact) mass is 222 g/mol. The topological polar surface area (TPSA) is 45.8 Å². The first-order valence-electron chi connectivity index (χ1n) is 5.37. The average molecular weight is 222 g/mol. The largest absolute Gasteiger partial charge is 0.307 e. The summed E-state index contributed by atoms with van der Waals surface area (Å²) in [6, 6.07) is 15.4. The van der Waals surface area contributed by atoms with Crippen molar-refractivity contribution >= 4 is 11.0 Å². The molecule has 1 N–H and O–H groups in total. The molecular formula is C14H10N2O. The van der Waals surface area contributed by atoms with Crippen LogP contribution in [0.2, 0.25) is 0 Å². The summed E-state index contributed by atoms with van der Waals surface area (Å²) in [5.74, 6) is 0. The summed E-state index contributed by atoms with van der Waals surface area (Å²) in [6.45, 7) is 0. The van der Waals surface area contributed by atoms with Crippen LogP contribution in [0.15, 0.2) is 59.5 Å². The maximum absolute atomic E-state index is 11.1. The van der Waals surface area contributed by atoms with E-state index in [0.29, 0.717) is 5.65 Å². The SMILES string of the molecule is O=c1ccc2cc(-c3ccccc3)cnc2[nH]1. The lowest BCUT2D eigenvalue weighted by Gasteiger charge is -2.02. The molecule has 0 amide bonds. The first kappa shape index (κ1) is 9.78. The fraction of sp³-hybridized carbons (Fsp3) is 0. The molecule has 0 aliphatic heterocycles. The van der Waals surface area contributed by atoms with Crippen molar-refractivity contribution in [2.24, 2.45) is 0 Å². The van der Waals surface area contributed by atoms with Crippen molar-refractivity contribution in [1.82, 2.24) is 9.97 Å². The lowest BCUT2D eigenvalue weighted by molar-refractivity contribution is 1.23. The molecular weight excluding hydrogens is 212 g/mol. The van der Waals surface area contributed by atoms with Gasteiger partial charge in [0.1, 0.15) is 5.65 Å². The molecule has 3 heteroatoms. The van der Waals surface area contributed by atoms with Crippen molar-refractivity contribution in [1.29, 1.82) is 0 Å². The first-order valence-corrected chi connectivity index (χ1v) is 5.37. The number of benzene rings is 1. The van der Waals surface area contributed by atoms with E-state index in [9.17, 15) is 4.79 Å². The molecule has 0 atom stereocenters. The summed E-state index contributed by atoms with van der Waals surface area (Å²) >= 11 is 0. The zero-order valence-corrected chi connectivity index (χ0v) is 9.05. The third-order valence-corrected chi connectivity index (χ3v) is 2.68. The van der Waals surface area contributed by atoms with Crippen molar-refractivity contribution in [3.05, 3.63) is 65.1 Å². The number of pyridine rings is 2. The number of fused-ring (bicyclic) bond motifs is 1. The zero-order valence-electron chi connectivity index (χ0n) is 9.05. The number of nitrogens with one attached hydrogen (secondary N) is 1. The van der Waals surface area contributed by atoms with Crippen molar-refractivity contribution in [2.45, 2.75) is 0 Å². The lowest BCUT2D eigenvalue weighted by Crippen LogP contribution is -2.03. The molecule has 17 heavy (non-hydrogen) atoms. The van der Waals surface area contributed by atoms with Gasteiger partial charge in [0.25, 0.3) is 0 Å². The highest BCUT2D eigenvalue weighted by molar-refractivity contribution is 5.80. The maximum Gasteiger partial charge on any atom is 0.249 e. The third kappa shape index (κ3) is 1.83. The summed E-state index contributed by atoms with van der Waals surface area (Å²) in [6.07, 6.45) is 1.77. The van der Waals surface area contributed by atoms with E-state index in [1.54, 1.807) is 12.3 Å². The number of H-pyrrole nitrogens is 1. The fourth-order valence-electron chi connectivity index (χ4n) is 1.83. The van der Waals surface area contributed by atoms with E-state index in [2.05, 4.69) is 9.97 Å². The lowest BCUT2D eigenvalue weighted by atomic mass is 10.1. The summed E-state index contributed by atoms with van der Waals surface area (Å²) < 4.78 is 0. The number of hydrogen-bond acceptors (Lipinski definition) is 2. The van der Waals surface area contributed by atoms with Crippen LogP contribution >= 0.6 is 0 Å². The van der Waals surface area contributed by atoms with Crippen LogP contribution in [0.5, 0.6) is 0 Å². The van der Waals surface area contributed by atoms with Gasteiger partial charge in [-0.2, -0.15) is 0 Å². The molecule has 82 valence electrons. The van der Waals surface area contributed by atoms with Gasteiger partial charge in [-0.15, -0.1) is 0 Å². The van der Waals surface area contributed by atoms with E-state index >= 15 is 0 Å². The second-order valence-corrected chi connectivity index (χ2v) is 3.85. The van der Waals surface area contributed by atoms with Crippen LogP contribution in [0.1, 0.15) is 0 Å². The van der Waals surface area contributed by atoms with Crippen LogP contribution in [0, 0.1) is 0 Å². The van der Waals surface area contributed by atoms with Gasteiger partial charge in [-0.3, -0.25) is 4.79 Å². The Bertz CT molecular complexity index is 717. The molecule has 1 aromatic carbocycles. The Morgan fingerprint density at radius 3 is 2.59 bits per heavy atom. The molecule has 0 aliphatic rings. The first-order chi connectivity index (χ1) is 8.33. The van der Waals surface area contributed by atoms with Gasteiger partial charge in [-0.05, 0) is 17.7 Å². The molecule has 3 nitrogen and oxygen atoms in total. The average Bonchev–Trinajstić information content (AvgIpc) is 2.39. The van der Waals surface area contributed by atoms with E-state index in [1.807, 2.05) is 36.4 Å². The Morgan fingerprint density at radius 1 is 0.941 bits per heavy atom. The van der Waals surface area contributed by atoms with E-state index in [1.165, 1.54) is 6.07 Å². The van der Waals surface area contributed by atoms with Gasteiger partial charge in [0.2, 0.25) is 5.56 Å². The number of hydrogen-bond donors (Lipinski definition) is 1. The van der Waals surface area contributed by atoms with Gasteiger partial charge in [-0.25, -0.2) is 4.98 Å². The molecule has 0 bridgehead atoms. The number of nitrogens with zero attached hydrogens (tertiary/aromatic N) is 1. The van der Waals surface area contributed by atoms with Gasteiger partial charge >= 0.3 is 0 Å². The van der Waals surface area contributed by atoms with Gasteiger partial charge in [0.15, 0.2) is 0 Å². The second-order valence-electron chi connectivity index (χ2n) is 3.85. The van der Waals surface area contributed by atoms with Crippen molar-refractivity contribution in [2.75, 3.05) is 0 Å². The number of aromatic amines is 1. The molecule has 3 aromatic rings. The minimum atomic E-state index is -0.127. The van der Waals surface area contributed by atoms with Crippen LogP contribution < -0.4 is 5.56 Å². The smallest absolute Gasteiger partial charge is 0.249 e. The van der Waals surface area contributed by atoms with Crippen molar-refractivity contribution in [3.63, 3.8) is 0 Å². The van der Waals surface area contributed by atoms with E-state index in [0.717, 1.165) is 16.5 Å². The Hall–Kier alpha value is -2.42. The Balaban J connectivity index is 2.21. The van der Waals surface area contributed by atoms with Crippen LogP contribution in [0.3, 0.4) is 0 Å². The van der Waals surface area contributed by atoms with Crippen LogP contribution in [0.4, 0.5) is 0 Å². The van der Waals surface area contributed by atoms with Gasteiger partial charge in [-0.1, -0.05) is 30.3 Å². The highest BCUT2D eigenvalue weighted by Gasteiger charge is 2.00. The highest BCUT2D eigenvalue weighted by Crippen LogP contribution is 2.20. The zero-order chi connectivity index (χ0) is 11.7. The summed E-state index contributed by atoms with van der Waals surface area (Å²) in [5, 5.41) is 0.936. The molecule has 2 heterocycles. The molecule has 2 aromatic heterocycles. The fourth-order valence-corrected chi connectivity index (χ4v) is 1.83. The van der Waals surface area contributed by atoms with Crippen LogP contribution in [-0.4, -0.2) is 9.97 Å². The van der Waals surface area contributed by atoms with E-state index in [4.69, 9.17) is 0 Å². The minimum absolute atomic E-state index is 0.127.